The van der Waals surface area contributed by atoms with Crippen LogP contribution in [0.15, 0.2) is 53.1 Å². The molecule has 144 valence electrons. The Kier molecular flexibility index (Phi) is 5.09. The van der Waals surface area contributed by atoms with Crippen LogP contribution in [0, 0.1) is 17.1 Å². The molecule has 4 rings (SSSR count). The summed E-state index contributed by atoms with van der Waals surface area (Å²) in [4.78, 5) is 0. The molecule has 0 radical (unpaired) electrons. The monoisotopic (exact) mass is 472 g/mol. The maximum atomic E-state index is 15.2. The molecule has 0 bridgehead atoms. The van der Waals surface area contributed by atoms with E-state index in [0.717, 1.165) is 4.73 Å². The molecule has 0 amide bonds. The van der Waals surface area contributed by atoms with Gasteiger partial charge in [-0.25, -0.2) is 4.39 Å². The number of rotatable bonds is 4. The predicted molar refractivity (Wildman–Crippen MR) is 107 cm³/mol. The van der Waals surface area contributed by atoms with Gasteiger partial charge in [-0.2, -0.15) is 15.1 Å². The maximum absolute atomic E-state index is 15.2. The highest BCUT2D eigenvalue weighted by atomic mass is 79.9. The highest BCUT2D eigenvalue weighted by molar-refractivity contribution is 9.10. The van der Waals surface area contributed by atoms with E-state index in [2.05, 4.69) is 26.1 Å². The van der Waals surface area contributed by atoms with Crippen LogP contribution in [0.5, 0.6) is 11.5 Å². The van der Waals surface area contributed by atoms with Gasteiger partial charge in [0.1, 0.15) is 5.75 Å². The van der Waals surface area contributed by atoms with Crippen LogP contribution in [0.3, 0.4) is 0 Å². The number of halogens is 3. The zero-order valence-electron chi connectivity index (χ0n) is 14.6. The minimum Gasteiger partial charge on any atom is -0.453 e. The lowest BCUT2D eigenvalue weighted by Crippen LogP contribution is -2.00. The standard InChI is InChI=1S/C20H11BrClFN4O2/c21-16-4-3-12(8-17-15-2-1-5-27(28)20(15)26-25-17)18(23)19(16)29-14-7-11(10-24)6-13(22)9-14/h1-7,9,28H,8H2. The van der Waals surface area contributed by atoms with E-state index in [4.69, 9.17) is 21.6 Å². The fourth-order valence-corrected chi connectivity index (χ4v) is 3.51. The number of benzene rings is 2. The van der Waals surface area contributed by atoms with Crippen LogP contribution in [0.1, 0.15) is 16.8 Å². The molecule has 2 aliphatic heterocycles. The molecule has 0 saturated carbocycles. The Labute approximate surface area is 178 Å². The minimum atomic E-state index is -0.582. The minimum absolute atomic E-state index is 0.0327. The summed E-state index contributed by atoms with van der Waals surface area (Å²) < 4.78 is 22.2. The van der Waals surface area contributed by atoms with Crippen molar-refractivity contribution in [1.29, 1.82) is 5.26 Å². The number of ether oxygens (including phenoxy) is 1. The number of hydrogen-bond donors (Lipinski definition) is 1. The SMILES string of the molecule is N#Cc1cc(Cl)cc(Oc2c(Br)ccc(Cc3nnc4n(O)cccc3-4)c2F)c1. The summed E-state index contributed by atoms with van der Waals surface area (Å²) in [5.74, 6) is -0.0818. The van der Waals surface area contributed by atoms with Gasteiger partial charge in [-0.15, -0.1) is 5.10 Å². The van der Waals surface area contributed by atoms with E-state index >= 15 is 4.39 Å². The molecular weight excluding hydrogens is 463 g/mol. The van der Waals surface area contributed by atoms with Gasteiger partial charge in [0, 0.05) is 23.2 Å². The summed E-state index contributed by atoms with van der Waals surface area (Å²) in [5.41, 5.74) is 1.77. The molecular formula is C20H11BrClFN4O2. The van der Waals surface area contributed by atoms with E-state index in [0.29, 0.717) is 37.7 Å². The number of aromatic nitrogens is 3. The van der Waals surface area contributed by atoms with Crippen molar-refractivity contribution in [3.8, 4) is 29.0 Å². The van der Waals surface area contributed by atoms with E-state index in [1.807, 2.05) is 6.07 Å². The smallest absolute Gasteiger partial charge is 0.198 e. The summed E-state index contributed by atoms with van der Waals surface area (Å²) in [7, 11) is 0. The molecule has 0 atom stereocenters. The predicted octanol–water partition coefficient (Wildman–Crippen LogP) is 5.43. The van der Waals surface area contributed by atoms with Crippen molar-refractivity contribution in [1.82, 2.24) is 14.9 Å². The van der Waals surface area contributed by atoms with Crippen molar-refractivity contribution in [3.63, 3.8) is 0 Å². The van der Waals surface area contributed by atoms with E-state index in [1.165, 1.54) is 24.4 Å². The second-order valence-electron chi connectivity index (χ2n) is 6.15. The largest absolute Gasteiger partial charge is 0.453 e. The Balaban J connectivity index is 1.69. The van der Waals surface area contributed by atoms with E-state index in [9.17, 15) is 5.21 Å². The van der Waals surface area contributed by atoms with Crippen LogP contribution < -0.4 is 4.74 Å². The molecule has 2 aromatic rings. The lowest BCUT2D eigenvalue weighted by molar-refractivity contribution is 0.186. The molecule has 0 saturated heterocycles. The van der Waals surface area contributed by atoms with Gasteiger partial charge in [0.05, 0.1) is 21.8 Å². The third kappa shape index (κ3) is 3.75. The molecule has 0 aliphatic carbocycles. The molecule has 6 nitrogen and oxygen atoms in total. The number of nitrogens with zero attached hydrogens (tertiary/aromatic N) is 4. The van der Waals surface area contributed by atoms with Gasteiger partial charge in [0.15, 0.2) is 17.4 Å². The normalized spacial score (nSPS) is 10.8. The molecule has 2 aromatic carbocycles. The Morgan fingerprint density at radius 1 is 1.24 bits per heavy atom. The van der Waals surface area contributed by atoms with Gasteiger partial charge in [-0.3, -0.25) is 0 Å². The fraction of sp³-hybridized carbons (Fsp3) is 0.0500. The van der Waals surface area contributed by atoms with Crippen LogP contribution in [-0.2, 0) is 6.42 Å². The summed E-state index contributed by atoms with van der Waals surface area (Å²) in [6.45, 7) is 0. The van der Waals surface area contributed by atoms with E-state index in [1.54, 1.807) is 24.3 Å². The van der Waals surface area contributed by atoms with Crippen LogP contribution in [0.4, 0.5) is 4.39 Å². The molecule has 0 unspecified atom stereocenters. The third-order valence-corrected chi connectivity index (χ3v) is 5.07. The van der Waals surface area contributed by atoms with E-state index in [-0.39, 0.29) is 17.9 Å². The Hall–Kier alpha value is -3.15. The Morgan fingerprint density at radius 2 is 2.07 bits per heavy atom. The molecule has 29 heavy (non-hydrogen) atoms. The third-order valence-electron chi connectivity index (χ3n) is 4.23. The van der Waals surface area contributed by atoms with Gasteiger partial charge < -0.3 is 9.94 Å². The summed E-state index contributed by atoms with van der Waals surface area (Å²) in [6.07, 6.45) is 1.59. The van der Waals surface area contributed by atoms with Gasteiger partial charge in [-0.1, -0.05) is 17.7 Å². The first-order valence-electron chi connectivity index (χ1n) is 8.33. The molecule has 2 heterocycles. The van der Waals surface area contributed by atoms with Gasteiger partial charge >= 0.3 is 0 Å². The lowest BCUT2D eigenvalue weighted by Gasteiger charge is -2.12. The first-order chi connectivity index (χ1) is 14.0. The molecule has 0 fully saturated rings. The van der Waals surface area contributed by atoms with Crippen molar-refractivity contribution >= 4 is 27.5 Å². The summed E-state index contributed by atoms with van der Waals surface area (Å²) >= 11 is 9.29. The van der Waals surface area contributed by atoms with Gasteiger partial charge in [0.2, 0.25) is 0 Å². The zero-order chi connectivity index (χ0) is 20.5. The average Bonchev–Trinajstić information content (AvgIpc) is 3.11. The average molecular weight is 474 g/mol. The zero-order valence-corrected chi connectivity index (χ0v) is 16.9. The van der Waals surface area contributed by atoms with Crippen LogP contribution >= 0.6 is 27.5 Å². The topological polar surface area (TPSA) is 84.0 Å². The number of hydrogen-bond acceptors (Lipinski definition) is 5. The van der Waals surface area contributed by atoms with Crippen molar-refractivity contribution in [2.24, 2.45) is 0 Å². The summed E-state index contributed by atoms with van der Waals surface area (Å²) in [5, 5.41) is 27.2. The van der Waals surface area contributed by atoms with Crippen molar-refractivity contribution in [2.75, 3.05) is 0 Å². The Morgan fingerprint density at radius 3 is 2.86 bits per heavy atom. The van der Waals surface area contributed by atoms with Crippen LogP contribution in [-0.4, -0.2) is 20.1 Å². The van der Waals surface area contributed by atoms with Crippen LogP contribution in [0.2, 0.25) is 5.02 Å². The first kappa shape index (κ1) is 19.2. The Bertz CT molecular complexity index is 1240. The number of nitriles is 1. The highest BCUT2D eigenvalue weighted by Crippen LogP contribution is 2.36. The first-order valence-corrected chi connectivity index (χ1v) is 9.50. The quantitative estimate of drug-likeness (QED) is 0.400. The molecule has 9 heteroatoms. The fourth-order valence-electron chi connectivity index (χ4n) is 2.89. The molecule has 1 N–H and O–H groups in total. The number of fused-ring (bicyclic) bond motifs is 1. The number of pyridine rings is 1. The summed E-state index contributed by atoms with van der Waals surface area (Å²) in [6, 6.07) is 13.1. The van der Waals surface area contributed by atoms with Crippen molar-refractivity contribution < 1.29 is 14.3 Å². The second kappa shape index (κ2) is 7.70. The molecule has 0 aromatic heterocycles. The molecule has 0 spiro atoms. The van der Waals surface area contributed by atoms with Crippen molar-refractivity contribution in [2.45, 2.75) is 6.42 Å². The second-order valence-corrected chi connectivity index (χ2v) is 7.44. The van der Waals surface area contributed by atoms with Gasteiger partial charge in [-0.05, 0) is 57.9 Å². The maximum Gasteiger partial charge on any atom is 0.198 e. The van der Waals surface area contributed by atoms with Crippen LogP contribution in [0.25, 0.3) is 11.4 Å². The molecule has 2 aliphatic rings. The lowest BCUT2D eigenvalue weighted by atomic mass is 10.0. The highest BCUT2D eigenvalue weighted by Gasteiger charge is 2.20. The van der Waals surface area contributed by atoms with Gasteiger partial charge in [0.25, 0.3) is 0 Å². The van der Waals surface area contributed by atoms with Crippen molar-refractivity contribution in [3.05, 3.63) is 80.8 Å². The van der Waals surface area contributed by atoms with E-state index < -0.39 is 5.82 Å².